The molecular formula is C24H30N2O3. The second kappa shape index (κ2) is 10.1. The average Bonchev–Trinajstić information content (AvgIpc) is 2.77. The normalized spacial score (nSPS) is 14.7. The molecule has 1 N–H and O–H groups in total. The van der Waals surface area contributed by atoms with Crippen molar-refractivity contribution in [2.75, 3.05) is 13.1 Å². The minimum absolute atomic E-state index is 0.0139. The van der Waals surface area contributed by atoms with Crippen molar-refractivity contribution in [3.05, 3.63) is 65.7 Å². The summed E-state index contributed by atoms with van der Waals surface area (Å²) >= 11 is 0. The maximum atomic E-state index is 12.5. The summed E-state index contributed by atoms with van der Waals surface area (Å²) in [4.78, 5) is 26.4. The summed E-state index contributed by atoms with van der Waals surface area (Å²) in [6.07, 6.45) is 1.47. The molecule has 1 aliphatic heterocycles. The molecule has 1 aliphatic rings. The number of carbonyl (C=O) groups excluding carboxylic acids is 2. The number of likely N-dealkylation sites (tertiary alicyclic amines) is 1. The zero-order valence-electron chi connectivity index (χ0n) is 17.3. The van der Waals surface area contributed by atoms with Gasteiger partial charge in [-0.05, 0) is 36.1 Å². The van der Waals surface area contributed by atoms with E-state index in [2.05, 4.69) is 5.32 Å². The van der Waals surface area contributed by atoms with E-state index in [0.29, 0.717) is 26.2 Å². The average molecular weight is 395 g/mol. The smallest absolute Gasteiger partial charge is 0.225 e. The molecule has 0 unspecified atom stereocenters. The van der Waals surface area contributed by atoms with E-state index in [1.165, 1.54) is 0 Å². The summed E-state index contributed by atoms with van der Waals surface area (Å²) in [6, 6.07) is 17.9. The van der Waals surface area contributed by atoms with Crippen LogP contribution in [0.15, 0.2) is 54.6 Å². The van der Waals surface area contributed by atoms with Crippen LogP contribution in [0.5, 0.6) is 5.75 Å². The molecule has 0 bridgehead atoms. The Balaban J connectivity index is 1.41. The second-order valence-electron chi connectivity index (χ2n) is 7.89. The molecule has 0 saturated carbocycles. The first kappa shape index (κ1) is 20.9. The molecule has 0 atom stereocenters. The summed E-state index contributed by atoms with van der Waals surface area (Å²) < 4.78 is 5.79. The molecule has 5 heteroatoms. The molecule has 1 heterocycles. The number of amides is 2. The molecule has 3 rings (SSSR count). The lowest BCUT2D eigenvalue weighted by molar-refractivity contribution is -0.138. The number of benzene rings is 2. The van der Waals surface area contributed by atoms with Crippen molar-refractivity contribution in [2.24, 2.45) is 11.8 Å². The van der Waals surface area contributed by atoms with Crippen LogP contribution in [0.2, 0.25) is 0 Å². The third-order valence-electron chi connectivity index (χ3n) is 5.31. The number of hydrogen-bond donors (Lipinski definition) is 1. The highest BCUT2D eigenvalue weighted by molar-refractivity contribution is 5.80. The molecule has 0 aliphatic carbocycles. The van der Waals surface area contributed by atoms with Gasteiger partial charge in [0, 0.05) is 31.5 Å². The minimum Gasteiger partial charge on any atom is -0.489 e. The highest BCUT2D eigenvalue weighted by atomic mass is 16.5. The number of piperidine rings is 1. The fourth-order valence-corrected chi connectivity index (χ4v) is 3.51. The van der Waals surface area contributed by atoms with Crippen LogP contribution in [0.25, 0.3) is 0 Å². The van der Waals surface area contributed by atoms with Gasteiger partial charge in [-0.3, -0.25) is 9.59 Å². The number of nitrogens with one attached hydrogen (secondary N) is 1. The van der Waals surface area contributed by atoms with E-state index < -0.39 is 0 Å². The predicted molar refractivity (Wildman–Crippen MR) is 113 cm³/mol. The first-order chi connectivity index (χ1) is 14.0. The van der Waals surface area contributed by atoms with Crippen LogP contribution in [0.4, 0.5) is 0 Å². The topological polar surface area (TPSA) is 58.6 Å². The van der Waals surface area contributed by atoms with Gasteiger partial charge in [-0.25, -0.2) is 0 Å². The monoisotopic (exact) mass is 394 g/mol. The van der Waals surface area contributed by atoms with Crippen LogP contribution in [-0.4, -0.2) is 29.8 Å². The van der Waals surface area contributed by atoms with Gasteiger partial charge < -0.3 is 15.0 Å². The molecule has 1 saturated heterocycles. The van der Waals surface area contributed by atoms with Gasteiger partial charge in [0.05, 0.1) is 0 Å². The van der Waals surface area contributed by atoms with Gasteiger partial charge in [0.2, 0.25) is 11.8 Å². The zero-order valence-corrected chi connectivity index (χ0v) is 17.3. The van der Waals surface area contributed by atoms with Gasteiger partial charge in [-0.1, -0.05) is 56.3 Å². The predicted octanol–water partition coefficient (Wildman–Crippen LogP) is 3.78. The first-order valence-corrected chi connectivity index (χ1v) is 10.3. The van der Waals surface area contributed by atoms with E-state index >= 15 is 0 Å². The molecule has 2 aromatic carbocycles. The Morgan fingerprint density at radius 1 is 1.00 bits per heavy atom. The molecule has 2 amide bonds. The Morgan fingerprint density at radius 2 is 1.66 bits per heavy atom. The van der Waals surface area contributed by atoms with Crippen LogP contribution in [-0.2, 0) is 22.7 Å². The Labute approximate surface area is 173 Å². The quantitative estimate of drug-likeness (QED) is 0.778. The highest BCUT2D eigenvalue weighted by Crippen LogP contribution is 2.19. The van der Waals surface area contributed by atoms with Crippen LogP contribution in [0.1, 0.15) is 37.8 Å². The highest BCUT2D eigenvalue weighted by Gasteiger charge is 2.27. The van der Waals surface area contributed by atoms with E-state index in [1.807, 2.05) is 73.3 Å². The fourth-order valence-electron chi connectivity index (χ4n) is 3.51. The summed E-state index contributed by atoms with van der Waals surface area (Å²) in [7, 11) is 0. The van der Waals surface area contributed by atoms with E-state index in [-0.39, 0.29) is 23.7 Å². The maximum absolute atomic E-state index is 12.5. The molecule has 0 aromatic heterocycles. The van der Waals surface area contributed by atoms with Gasteiger partial charge in [-0.2, -0.15) is 0 Å². The van der Waals surface area contributed by atoms with Gasteiger partial charge in [0.1, 0.15) is 12.4 Å². The molecule has 154 valence electrons. The van der Waals surface area contributed by atoms with Crippen molar-refractivity contribution < 1.29 is 14.3 Å². The van der Waals surface area contributed by atoms with Crippen LogP contribution >= 0.6 is 0 Å². The van der Waals surface area contributed by atoms with E-state index in [1.54, 1.807) is 0 Å². The lowest BCUT2D eigenvalue weighted by Crippen LogP contribution is -2.44. The Hall–Kier alpha value is -2.82. The number of hydrogen-bond acceptors (Lipinski definition) is 3. The molecule has 2 aromatic rings. The van der Waals surface area contributed by atoms with Crippen molar-refractivity contribution in [1.29, 1.82) is 0 Å². The Bertz CT molecular complexity index is 795. The zero-order chi connectivity index (χ0) is 20.6. The van der Waals surface area contributed by atoms with Crippen LogP contribution in [0.3, 0.4) is 0 Å². The summed E-state index contributed by atoms with van der Waals surface area (Å²) in [5.41, 5.74) is 2.17. The molecule has 29 heavy (non-hydrogen) atoms. The third kappa shape index (κ3) is 6.08. The Kier molecular flexibility index (Phi) is 7.28. The van der Waals surface area contributed by atoms with Crippen molar-refractivity contribution in [1.82, 2.24) is 10.2 Å². The fraction of sp³-hybridized carbons (Fsp3) is 0.417. The van der Waals surface area contributed by atoms with E-state index in [9.17, 15) is 9.59 Å². The molecule has 0 spiro atoms. The minimum atomic E-state index is -0.0142. The second-order valence-corrected chi connectivity index (χ2v) is 7.89. The summed E-state index contributed by atoms with van der Waals surface area (Å²) in [6.45, 7) is 6.21. The third-order valence-corrected chi connectivity index (χ3v) is 5.31. The number of carbonyl (C=O) groups is 2. The summed E-state index contributed by atoms with van der Waals surface area (Å²) in [5.74, 6) is 1.07. The van der Waals surface area contributed by atoms with Crippen molar-refractivity contribution in [2.45, 2.75) is 39.8 Å². The van der Waals surface area contributed by atoms with Gasteiger partial charge in [0.15, 0.2) is 0 Å². The van der Waals surface area contributed by atoms with Gasteiger partial charge in [-0.15, -0.1) is 0 Å². The van der Waals surface area contributed by atoms with Crippen LogP contribution in [0, 0.1) is 11.8 Å². The largest absolute Gasteiger partial charge is 0.489 e. The summed E-state index contributed by atoms with van der Waals surface area (Å²) in [5, 5.41) is 3.03. The van der Waals surface area contributed by atoms with E-state index in [4.69, 9.17) is 4.74 Å². The van der Waals surface area contributed by atoms with Crippen LogP contribution < -0.4 is 10.1 Å². The van der Waals surface area contributed by atoms with Crippen molar-refractivity contribution in [3.63, 3.8) is 0 Å². The molecule has 1 fully saturated rings. The van der Waals surface area contributed by atoms with E-state index in [0.717, 1.165) is 29.7 Å². The maximum Gasteiger partial charge on any atom is 0.225 e. The lowest BCUT2D eigenvalue weighted by atomic mass is 9.95. The Morgan fingerprint density at radius 3 is 2.28 bits per heavy atom. The number of ether oxygens (including phenoxy) is 1. The standard InChI is InChI=1S/C24H30N2O3/c1-18(2)24(28)26-14-12-21(13-15-26)23(27)25-16-19-8-10-22(11-9-19)29-17-20-6-4-3-5-7-20/h3-11,18,21H,12-17H2,1-2H3,(H,25,27). The molecule has 5 nitrogen and oxygen atoms in total. The number of rotatable bonds is 7. The lowest BCUT2D eigenvalue weighted by Gasteiger charge is -2.32. The van der Waals surface area contributed by atoms with Gasteiger partial charge in [0.25, 0.3) is 0 Å². The molecular weight excluding hydrogens is 364 g/mol. The SMILES string of the molecule is CC(C)C(=O)N1CCC(C(=O)NCc2ccc(OCc3ccccc3)cc2)CC1. The van der Waals surface area contributed by atoms with Gasteiger partial charge >= 0.3 is 0 Å². The van der Waals surface area contributed by atoms with Crippen molar-refractivity contribution in [3.8, 4) is 5.75 Å². The van der Waals surface area contributed by atoms with Crippen molar-refractivity contribution >= 4 is 11.8 Å². The number of nitrogens with zero attached hydrogens (tertiary/aromatic N) is 1. The molecule has 0 radical (unpaired) electrons. The first-order valence-electron chi connectivity index (χ1n) is 10.3.